The summed E-state index contributed by atoms with van der Waals surface area (Å²) in [4.78, 5) is 17.1. The van der Waals surface area contributed by atoms with Gasteiger partial charge in [0.25, 0.3) is 0 Å². The van der Waals surface area contributed by atoms with E-state index in [2.05, 4.69) is 33.6 Å². The van der Waals surface area contributed by atoms with Gasteiger partial charge in [0.1, 0.15) is 11.3 Å². The Balaban J connectivity index is 1.94. The summed E-state index contributed by atoms with van der Waals surface area (Å²) in [6.45, 7) is 4.15. The largest absolute Gasteiger partial charge is 0.379 e. The lowest BCUT2D eigenvalue weighted by molar-refractivity contribution is 0.0331. The number of fused-ring (bicyclic) bond motifs is 1. The van der Waals surface area contributed by atoms with Crippen molar-refractivity contribution in [2.75, 3.05) is 38.7 Å². The molecule has 1 atom stereocenters. The van der Waals surface area contributed by atoms with Crippen LogP contribution < -0.4 is 5.32 Å². The fourth-order valence-corrected chi connectivity index (χ4v) is 3.00. The molecule has 1 unspecified atom stereocenters. The van der Waals surface area contributed by atoms with Crippen LogP contribution in [0.15, 0.2) is 17.2 Å². The third-order valence-electron chi connectivity index (χ3n) is 3.40. The lowest BCUT2D eigenvalue weighted by Crippen LogP contribution is -2.36. The normalized spacial score (nSPS) is 16.3. The summed E-state index contributed by atoms with van der Waals surface area (Å²) in [6.07, 6.45) is 1.84. The summed E-state index contributed by atoms with van der Waals surface area (Å²) in [5.41, 5.74) is 1.69. The molecule has 1 N–H and O–H groups in total. The first-order valence-electron chi connectivity index (χ1n) is 6.81. The standard InChI is InChI=1S/C13H18N5OPS/c1-14-13-12-10(6-9(21-20)7-15-12)16-11(17-13)8-18-2-4-19-5-3-18/h6-7H,2-5,8,20H2,1H3,(H,14,16,17). The minimum atomic E-state index is 0.742. The van der Waals surface area contributed by atoms with E-state index in [0.717, 1.165) is 60.4 Å². The minimum absolute atomic E-state index is 0.742. The molecule has 1 aliphatic heterocycles. The molecular formula is C13H18N5OPS. The third-order valence-corrected chi connectivity index (χ3v) is 4.71. The average Bonchev–Trinajstić information content (AvgIpc) is 2.54. The van der Waals surface area contributed by atoms with Crippen molar-refractivity contribution in [2.45, 2.75) is 11.4 Å². The van der Waals surface area contributed by atoms with Crippen LogP contribution in [0.3, 0.4) is 0 Å². The summed E-state index contributed by atoms with van der Waals surface area (Å²) in [6, 6.07) is 2.05. The smallest absolute Gasteiger partial charge is 0.156 e. The second kappa shape index (κ2) is 6.83. The lowest BCUT2D eigenvalue weighted by Gasteiger charge is -2.25. The molecule has 0 aromatic carbocycles. The monoisotopic (exact) mass is 323 g/mol. The Labute approximate surface area is 130 Å². The van der Waals surface area contributed by atoms with Crippen molar-refractivity contribution in [3.8, 4) is 0 Å². The highest BCUT2D eigenvalue weighted by Crippen LogP contribution is 2.27. The van der Waals surface area contributed by atoms with E-state index in [4.69, 9.17) is 4.74 Å². The molecule has 0 amide bonds. The Bertz CT molecular complexity index is 635. The summed E-state index contributed by atoms with van der Waals surface area (Å²) in [5.74, 6) is 1.60. The van der Waals surface area contributed by atoms with Gasteiger partial charge in [0, 0.05) is 31.2 Å². The number of pyridine rings is 1. The van der Waals surface area contributed by atoms with Crippen LogP contribution in [0.25, 0.3) is 11.0 Å². The summed E-state index contributed by atoms with van der Waals surface area (Å²) in [5, 5.41) is 3.12. The average molecular weight is 323 g/mol. The molecule has 8 heteroatoms. The van der Waals surface area contributed by atoms with Gasteiger partial charge in [-0.3, -0.25) is 4.90 Å². The number of hydrogen-bond donors (Lipinski definition) is 1. The first-order chi connectivity index (χ1) is 10.3. The van der Waals surface area contributed by atoms with Crippen molar-refractivity contribution >= 4 is 36.7 Å². The van der Waals surface area contributed by atoms with Crippen molar-refractivity contribution in [3.05, 3.63) is 18.1 Å². The number of rotatable bonds is 4. The highest BCUT2D eigenvalue weighted by Gasteiger charge is 2.14. The van der Waals surface area contributed by atoms with Crippen molar-refractivity contribution in [2.24, 2.45) is 0 Å². The second-order valence-corrected chi connectivity index (χ2v) is 6.20. The maximum atomic E-state index is 5.37. The second-order valence-electron chi connectivity index (χ2n) is 4.78. The summed E-state index contributed by atoms with van der Waals surface area (Å²) < 4.78 is 5.37. The zero-order valence-electron chi connectivity index (χ0n) is 11.9. The molecule has 1 fully saturated rings. The SMILES string of the molecule is CNc1nc(CN2CCOCC2)nc2cc(SP)cnc12. The third kappa shape index (κ3) is 3.43. The first-order valence-corrected chi connectivity index (χ1v) is 9.11. The van der Waals surface area contributed by atoms with Crippen LogP contribution in [0.2, 0.25) is 0 Å². The van der Waals surface area contributed by atoms with Gasteiger partial charge in [0.2, 0.25) is 0 Å². The molecule has 0 bridgehead atoms. The van der Waals surface area contributed by atoms with Crippen LogP contribution in [0.4, 0.5) is 5.82 Å². The maximum absolute atomic E-state index is 5.37. The highest BCUT2D eigenvalue weighted by molar-refractivity contribution is 8.43. The predicted molar refractivity (Wildman–Crippen MR) is 88.5 cm³/mol. The molecule has 2 aromatic rings. The molecule has 112 valence electrons. The van der Waals surface area contributed by atoms with Crippen LogP contribution in [-0.4, -0.2) is 53.2 Å². The zero-order chi connectivity index (χ0) is 14.7. The van der Waals surface area contributed by atoms with Crippen molar-refractivity contribution in [1.29, 1.82) is 0 Å². The fourth-order valence-electron chi connectivity index (χ4n) is 2.32. The van der Waals surface area contributed by atoms with Crippen molar-refractivity contribution in [1.82, 2.24) is 19.9 Å². The van der Waals surface area contributed by atoms with Gasteiger partial charge in [-0.15, -0.1) is 11.4 Å². The van der Waals surface area contributed by atoms with E-state index in [1.807, 2.05) is 19.3 Å². The summed E-state index contributed by atoms with van der Waals surface area (Å²) >= 11 is 1.59. The molecule has 0 saturated carbocycles. The molecular weight excluding hydrogens is 305 g/mol. The number of nitrogens with zero attached hydrogens (tertiary/aromatic N) is 4. The van der Waals surface area contributed by atoms with E-state index < -0.39 is 0 Å². The Kier molecular flexibility index (Phi) is 4.85. The molecule has 0 radical (unpaired) electrons. The topological polar surface area (TPSA) is 63.2 Å². The molecule has 1 aliphatic rings. The fraction of sp³-hybridized carbons (Fsp3) is 0.462. The maximum Gasteiger partial charge on any atom is 0.156 e. The number of anilines is 1. The minimum Gasteiger partial charge on any atom is -0.379 e. The van der Waals surface area contributed by atoms with Crippen LogP contribution in [0, 0.1) is 0 Å². The molecule has 2 aromatic heterocycles. The van der Waals surface area contributed by atoms with Crippen LogP contribution in [0.5, 0.6) is 0 Å². The Morgan fingerprint density at radius 2 is 2.19 bits per heavy atom. The first kappa shape index (κ1) is 14.9. The van der Waals surface area contributed by atoms with Gasteiger partial charge in [-0.25, -0.2) is 15.0 Å². The van der Waals surface area contributed by atoms with Crippen LogP contribution in [-0.2, 0) is 11.3 Å². The van der Waals surface area contributed by atoms with Crippen molar-refractivity contribution in [3.63, 3.8) is 0 Å². The van der Waals surface area contributed by atoms with E-state index >= 15 is 0 Å². The van der Waals surface area contributed by atoms with Crippen LogP contribution >= 0.6 is 19.8 Å². The van der Waals surface area contributed by atoms with Gasteiger partial charge in [-0.05, 0) is 6.07 Å². The quantitative estimate of drug-likeness (QED) is 0.861. The Morgan fingerprint density at radius 1 is 1.38 bits per heavy atom. The van der Waals surface area contributed by atoms with Gasteiger partial charge in [0.15, 0.2) is 5.82 Å². The molecule has 0 aliphatic carbocycles. The van der Waals surface area contributed by atoms with Gasteiger partial charge >= 0.3 is 0 Å². The predicted octanol–water partition coefficient (Wildman–Crippen LogP) is 1.78. The Morgan fingerprint density at radius 3 is 2.90 bits per heavy atom. The molecule has 21 heavy (non-hydrogen) atoms. The lowest BCUT2D eigenvalue weighted by atomic mass is 10.3. The summed E-state index contributed by atoms with van der Waals surface area (Å²) in [7, 11) is 4.49. The molecule has 6 nitrogen and oxygen atoms in total. The van der Waals surface area contributed by atoms with Gasteiger partial charge < -0.3 is 10.1 Å². The van der Waals surface area contributed by atoms with E-state index in [1.54, 1.807) is 11.4 Å². The van der Waals surface area contributed by atoms with E-state index in [1.165, 1.54) is 0 Å². The van der Waals surface area contributed by atoms with Gasteiger partial charge in [0.05, 0.1) is 25.3 Å². The number of ether oxygens (including phenoxy) is 1. The molecule has 3 rings (SSSR count). The zero-order valence-corrected chi connectivity index (χ0v) is 13.8. The Hall–Kier alpha value is -1.01. The van der Waals surface area contributed by atoms with Gasteiger partial charge in [-0.1, -0.05) is 8.44 Å². The number of aromatic nitrogens is 3. The number of nitrogens with one attached hydrogen (secondary N) is 1. The van der Waals surface area contributed by atoms with E-state index in [9.17, 15) is 0 Å². The van der Waals surface area contributed by atoms with E-state index in [-0.39, 0.29) is 0 Å². The number of morpholine rings is 1. The van der Waals surface area contributed by atoms with Crippen LogP contribution in [0.1, 0.15) is 5.82 Å². The number of hydrogen-bond acceptors (Lipinski definition) is 7. The molecule has 0 spiro atoms. The van der Waals surface area contributed by atoms with Crippen molar-refractivity contribution < 1.29 is 4.74 Å². The molecule has 1 saturated heterocycles. The highest BCUT2D eigenvalue weighted by atomic mass is 32.7. The van der Waals surface area contributed by atoms with Gasteiger partial charge in [-0.2, -0.15) is 0 Å². The molecule has 3 heterocycles. The van der Waals surface area contributed by atoms with E-state index in [0.29, 0.717) is 0 Å².